The zero-order chi connectivity index (χ0) is 14.7. The Morgan fingerprint density at radius 1 is 1.45 bits per heavy atom. The average molecular weight is 275 g/mol. The summed E-state index contributed by atoms with van der Waals surface area (Å²) in [5.41, 5.74) is 1.67. The number of nitro groups is 1. The maximum absolute atomic E-state index is 11.0. The molecule has 20 heavy (non-hydrogen) atoms. The molecule has 0 aliphatic heterocycles. The normalized spacial score (nSPS) is 12.3. The second-order valence-corrected chi connectivity index (χ2v) is 4.93. The molecule has 1 atom stereocenters. The number of fused-ring (bicyclic) bond motifs is 1. The van der Waals surface area contributed by atoms with E-state index in [-0.39, 0.29) is 18.2 Å². The molecule has 0 aliphatic carbocycles. The SMILES string of the molecule is Cc1cc2c(NCC(C)CO)ccc([N+](=O)[O-])c2cn1. The molecule has 2 aromatic rings. The third kappa shape index (κ3) is 2.85. The molecule has 2 N–H and O–H groups in total. The van der Waals surface area contributed by atoms with Crippen molar-refractivity contribution in [3.05, 3.63) is 40.2 Å². The van der Waals surface area contributed by atoms with Gasteiger partial charge in [-0.25, -0.2) is 0 Å². The number of aliphatic hydroxyl groups excluding tert-OH is 1. The van der Waals surface area contributed by atoms with Crippen molar-refractivity contribution in [1.82, 2.24) is 4.98 Å². The van der Waals surface area contributed by atoms with Crippen LogP contribution in [0, 0.1) is 23.0 Å². The van der Waals surface area contributed by atoms with Crippen LogP contribution in [0.15, 0.2) is 24.4 Å². The van der Waals surface area contributed by atoms with Gasteiger partial charge in [-0.3, -0.25) is 15.1 Å². The summed E-state index contributed by atoms with van der Waals surface area (Å²) in [5.74, 6) is 0.114. The Morgan fingerprint density at radius 3 is 2.85 bits per heavy atom. The van der Waals surface area contributed by atoms with Crippen LogP contribution in [0.25, 0.3) is 10.8 Å². The van der Waals surface area contributed by atoms with Gasteiger partial charge in [0.05, 0.1) is 10.3 Å². The van der Waals surface area contributed by atoms with Gasteiger partial charge in [0.1, 0.15) is 0 Å². The highest BCUT2D eigenvalue weighted by Crippen LogP contribution is 2.31. The number of benzene rings is 1. The highest BCUT2D eigenvalue weighted by atomic mass is 16.6. The molecule has 2 rings (SSSR count). The molecular formula is C14H17N3O3. The fraction of sp³-hybridized carbons (Fsp3) is 0.357. The fourth-order valence-corrected chi connectivity index (χ4v) is 1.99. The second kappa shape index (κ2) is 5.83. The van der Waals surface area contributed by atoms with E-state index in [9.17, 15) is 10.1 Å². The number of nitro benzene ring substituents is 1. The summed E-state index contributed by atoms with van der Waals surface area (Å²) < 4.78 is 0. The van der Waals surface area contributed by atoms with E-state index in [2.05, 4.69) is 10.3 Å². The molecule has 0 amide bonds. The van der Waals surface area contributed by atoms with E-state index in [1.165, 1.54) is 12.3 Å². The second-order valence-electron chi connectivity index (χ2n) is 4.93. The highest BCUT2D eigenvalue weighted by Gasteiger charge is 2.15. The van der Waals surface area contributed by atoms with Gasteiger partial charge in [-0.05, 0) is 25.0 Å². The zero-order valence-electron chi connectivity index (χ0n) is 11.5. The third-order valence-corrected chi connectivity index (χ3v) is 3.16. The van der Waals surface area contributed by atoms with Crippen molar-refractivity contribution in [1.29, 1.82) is 0 Å². The average Bonchev–Trinajstić information content (AvgIpc) is 2.43. The summed E-state index contributed by atoms with van der Waals surface area (Å²) in [6.07, 6.45) is 1.53. The topological polar surface area (TPSA) is 88.3 Å². The molecule has 0 bridgehead atoms. The first-order chi connectivity index (χ1) is 9.52. The number of hydrogen-bond donors (Lipinski definition) is 2. The Hall–Kier alpha value is -2.21. The van der Waals surface area contributed by atoms with Gasteiger partial charge in [-0.15, -0.1) is 0 Å². The Kier molecular flexibility index (Phi) is 4.14. The van der Waals surface area contributed by atoms with Crippen LogP contribution < -0.4 is 5.32 Å². The van der Waals surface area contributed by atoms with Crippen LogP contribution >= 0.6 is 0 Å². The van der Waals surface area contributed by atoms with E-state index in [0.717, 1.165) is 16.8 Å². The van der Waals surface area contributed by atoms with E-state index in [4.69, 9.17) is 5.11 Å². The monoisotopic (exact) mass is 275 g/mol. The minimum atomic E-state index is -0.403. The first-order valence-electron chi connectivity index (χ1n) is 6.41. The predicted octanol–water partition coefficient (Wildman–Crippen LogP) is 2.49. The number of rotatable bonds is 5. The molecule has 1 heterocycles. The molecular weight excluding hydrogens is 258 g/mol. The fourth-order valence-electron chi connectivity index (χ4n) is 1.99. The van der Waals surface area contributed by atoms with Crippen molar-refractivity contribution in [3.8, 4) is 0 Å². The molecule has 1 aromatic heterocycles. The number of aliphatic hydroxyl groups is 1. The molecule has 106 valence electrons. The summed E-state index contributed by atoms with van der Waals surface area (Å²) in [4.78, 5) is 14.8. The molecule has 1 aromatic carbocycles. The number of aryl methyl sites for hydroxylation is 1. The molecule has 0 fully saturated rings. The van der Waals surface area contributed by atoms with Crippen LogP contribution in [0.4, 0.5) is 11.4 Å². The minimum absolute atomic E-state index is 0.0493. The standard InChI is InChI=1S/C14H17N3O3/c1-9(8-18)6-16-13-3-4-14(17(19)20)12-7-15-10(2)5-11(12)13/h3-5,7,9,16,18H,6,8H2,1-2H3. The zero-order valence-corrected chi connectivity index (χ0v) is 11.5. The Balaban J connectivity index is 2.48. The number of anilines is 1. The van der Waals surface area contributed by atoms with E-state index < -0.39 is 4.92 Å². The summed E-state index contributed by atoms with van der Waals surface area (Å²) in [7, 11) is 0. The predicted molar refractivity (Wildman–Crippen MR) is 77.9 cm³/mol. The molecule has 0 aliphatic rings. The van der Waals surface area contributed by atoms with E-state index in [0.29, 0.717) is 11.9 Å². The van der Waals surface area contributed by atoms with Gasteiger partial charge in [0.15, 0.2) is 0 Å². The minimum Gasteiger partial charge on any atom is -0.396 e. The van der Waals surface area contributed by atoms with Crippen LogP contribution in [0.2, 0.25) is 0 Å². The van der Waals surface area contributed by atoms with Crippen molar-refractivity contribution < 1.29 is 10.0 Å². The summed E-state index contributed by atoms with van der Waals surface area (Å²) >= 11 is 0. The molecule has 0 saturated heterocycles. The number of nitrogens with zero attached hydrogens (tertiary/aromatic N) is 2. The van der Waals surface area contributed by atoms with Gasteiger partial charge in [0.25, 0.3) is 5.69 Å². The van der Waals surface area contributed by atoms with Crippen molar-refractivity contribution in [2.75, 3.05) is 18.5 Å². The van der Waals surface area contributed by atoms with E-state index in [1.54, 1.807) is 6.07 Å². The van der Waals surface area contributed by atoms with Gasteiger partial charge in [0.2, 0.25) is 0 Å². The number of hydrogen-bond acceptors (Lipinski definition) is 5. The molecule has 0 radical (unpaired) electrons. The first kappa shape index (κ1) is 14.2. The van der Waals surface area contributed by atoms with Crippen molar-refractivity contribution in [3.63, 3.8) is 0 Å². The lowest BCUT2D eigenvalue weighted by Gasteiger charge is -2.13. The van der Waals surface area contributed by atoms with Gasteiger partial charge in [-0.2, -0.15) is 0 Å². The van der Waals surface area contributed by atoms with Crippen LogP contribution in [0.1, 0.15) is 12.6 Å². The number of non-ortho nitro benzene ring substituents is 1. The van der Waals surface area contributed by atoms with Gasteiger partial charge >= 0.3 is 0 Å². The van der Waals surface area contributed by atoms with Crippen molar-refractivity contribution >= 4 is 22.1 Å². The van der Waals surface area contributed by atoms with Gasteiger partial charge in [-0.1, -0.05) is 6.92 Å². The van der Waals surface area contributed by atoms with Gasteiger partial charge in [0, 0.05) is 42.2 Å². The quantitative estimate of drug-likeness (QED) is 0.646. The maximum atomic E-state index is 11.0. The Labute approximate surface area is 116 Å². The largest absolute Gasteiger partial charge is 0.396 e. The van der Waals surface area contributed by atoms with Crippen molar-refractivity contribution in [2.45, 2.75) is 13.8 Å². The van der Waals surface area contributed by atoms with Crippen LogP contribution in [-0.2, 0) is 0 Å². The van der Waals surface area contributed by atoms with Crippen molar-refractivity contribution in [2.24, 2.45) is 5.92 Å². The van der Waals surface area contributed by atoms with E-state index >= 15 is 0 Å². The first-order valence-corrected chi connectivity index (χ1v) is 6.41. The summed E-state index contributed by atoms with van der Waals surface area (Å²) in [6, 6.07) is 5.00. The van der Waals surface area contributed by atoms with Crippen LogP contribution in [0.3, 0.4) is 0 Å². The molecule has 0 saturated carbocycles. The Bertz CT molecular complexity index is 643. The smallest absolute Gasteiger partial charge is 0.278 e. The number of aromatic nitrogens is 1. The Morgan fingerprint density at radius 2 is 2.20 bits per heavy atom. The number of pyridine rings is 1. The molecule has 1 unspecified atom stereocenters. The van der Waals surface area contributed by atoms with Gasteiger partial charge < -0.3 is 10.4 Å². The molecule has 6 heteroatoms. The highest BCUT2D eigenvalue weighted by molar-refractivity contribution is 5.99. The summed E-state index contributed by atoms with van der Waals surface area (Å²) in [6.45, 7) is 4.47. The van der Waals surface area contributed by atoms with Crippen LogP contribution in [-0.4, -0.2) is 28.2 Å². The van der Waals surface area contributed by atoms with Crippen LogP contribution in [0.5, 0.6) is 0 Å². The lowest BCUT2D eigenvalue weighted by molar-refractivity contribution is -0.383. The number of nitrogens with one attached hydrogen (secondary N) is 1. The lowest BCUT2D eigenvalue weighted by Crippen LogP contribution is -2.14. The lowest BCUT2D eigenvalue weighted by atomic mass is 10.1. The molecule has 6 nitrogen and oxygen atoms in total. The van der Waals surface area contributed by atoms with E-state index in [1.807, 2.05) is 19.9 Å². The summed E-state index contributed by atoms with van der Waals surface area (Å²) in [5, 5.41) is 24.6. The molecule has 0 spiro atoms. The third-order valence-electron chi connectivity index (χ3n) is 3.16. The maximum Gasteiger partial charge on any atom is 0.278 e.